The number of piperidine rings is 1. The molecule has 1 amide bonds. The summed E-state index contributed by atoms with van der Waals surface area (Å²) in [4.78, 5) is 15.6. The van der Waals surface area contributed by atoms with Crippen LogP contribution in [0.4, 0.5) is 4.39 Å². The van der Waals surface area contributed by atoms with Gasteiger partial charge >= 0.3 is 0 Å². The fraction of sp³-hybridized carbons (Fsp3) is 0.500. The molecule has 5 atom stereocenters. The highest BCUT2D eigenvalue weighted by Crippen LogP contribution is 2.58. The van der Waals surface area contributed by atoms with Gasteiger partial charge in [-0.15, -0.1) is 9.24 Å². The van der Waals surface area contributed by atoms with Crippen molar-refractivity contribution >= 4 is 20.5 Å². The Balaban J connectivity index is 1.65. The standard InChI is InChI=1S/C26H34FN2O3P/c1-4-29-10-9-25(22-12-21(30)8-5-16(22)2)13-19(14-26(25,32)17(29)3)24(31)28-15-18-6-7-20(27)11-23(18)33/h5-8,11-12,17,19,30,32H,4,9-10,13-15,33H2,1-3H3,(H,28,31)/t17?,19?,25-,26-/m1/s1. The maximum absolute atomic E-state index is 13.4. The van der Waals surface area contributed by atoms with Crippen LogP contribution < -0.4 is 10.6 Å². The quantitative estimate of drug-likeness (QED) is 0.585. The zero-order valence-electron chi connectivity index (χ0n) is 19.6. The third-order valence-corrected chi connectivity index (χ3v) is 8.66. The zero-order valence-corrected chi connectivity index (χ0v) is 20.7. The molecule has 3 N–H and O–H groups in total. The van der Waals surface area contributed by atoms with E-state index in [1.807, 2.05) is 13.0 Å². The molecular weight excluding hydrogens is 438 g/mol. The van der Waals surface area contributed by atoms with Crippen LogP contribution in [0.25, 0.3) is 0 Å². The molecule has 0 radical (unpaired) electrons. The molecule has 5 nitrogen and oxygen atoms in total. The van der Waals surface area contributed by atoms with Crippen molar-refractivity contribution in [1.29, 1.82) is 0 Å². The molecular formula is C26H34FN2O3P. The Kier molecular flexibility index (Phi) is 6.56. The maximum Gasteiger partial charge on any atom is 0.223 e. The Morgan fingerprint density at radius 3 is 2.73 bits per heavy atom. The van der Waals surface area contributed by atoms with Gasteiger partial charge < -0.3 is 15.5 Å². The molecule has 1 saturated carbocycles. The molecule has 1 saturated heterocycles. The summed E-state index contributed by atoms with van der Waals surface area (Å²) < 4.78 is 13.4. The van der Waals surface area contributed by atoms with E-state index in [2.05, 4.69) is 33.3 Å². The second-order valence-corrected chi connectivity index (χ2v) is 10.3. The van der Waals surface area contributed by atoms with E-state index in [0.29, 0.717) is 24.7 Å². The number of rotatable bonds is 5. The summed E-state index contributed by atoms with van der Waals surface area (Å²) in [6.07, 6.45) is 1.62. The van der Waals surface area contributed by atoms with E-state index in [4.69, 9.17) is 0 Å². The molecule has 0 bridgehead atoms. The molecule has 1 heterocycles. The average molecular weight is 473 g/mol. The lowest BCUT2D eigenvalue weighted by molar-refractivity contribution is -0.127. The van der Waals surface area contributed by atoms with E-state index in [1.54, 1.807) is 18.2 Å². The monoisotopic (exact) mass is 472 g/mol. The van der Waals surface area contributed by atoms with Crippen LogP contribution in [-0.4, -0.2) is 45.8 Å². The molecule has 2 aromatic carbocycles. The number of aryl methyl sites for hydroxylation is 1. The number of aromatic hydroxyl groups is 1. The SMILES string of the molecule is CCN1CC[C@]2(c3cc(O)ccc3C)CC(C(=O)NCc3ccc(F)cc3P)C[C@@]2(O)C1C. The molecule has 1 aliphatic carbocycles. The molecule has 0 aromatic heterocycles. The van der Waals surface area contributed by atoms with Gasteiger partial charge in [-0.1, -0.05) is 19.1 Å². The van der Waals surface area contributed by atoms with Gasteiger partial charge in [0.25, 0.3) is 0 Å². The van der Waals surface area contributed by atoms with Crippen LogP contribution in [0.3, 0.4) is 0 Å². The Morgan fingerprint density at radius 1 is 1.27 bits per heavy atom. The zero-order chi connectivity index (χ0) is 24.0. The smallest absolute Gasteiger partial charge is 0.223 e. The normalized spacial score (nSPS) is 29.6. The van der Waals surface area contributed by atoms with E-state index in [-0.39, 0.29) is 29.4 Å². The molecule has 0 spiro atoms. The Bertz CT molecular complexity index is 1060. The number of benzene rings is 2. The lowest BCUT2D eigenvalue weighted by atomic mass is 9.61. The summed E-state index contributed by atoms with van der Waals surface area (Å²) in [6, 6.07) is 9.71. The number of hydrogen-bond acceptors (Lipinski definition) is 4. The van der Waals surface area contributed by atoms with Crippen molar-refractivity contribution in [3.8, 4) is 5.75 Å². The summed E-state index contributed by atoms with van der Waals surface area (Å²) in [5.41, 5.74) is 1.10. The van der Waals surface area contributed by atoms with E-state index in [0.717, 1.165) is 36.2 Å². The van der Waals surface area contributed by atoms with E-state index in [9.17, 15) is 19.4 Å². The fourth-order valence-electron chi connectivity index (χ4n) is 6.23. The number of nitrogens with one attached hydrogen (secondary N) is 1. The number of nitrogens with zero attached hydrogens (tertiary/aromatic N) is 1. The minimum Gasteiger partial charge on any atom is -0.508 e. The van der Waals surface area contributed by atoms with Gasteiger partial charge in [0.1, 0.15) is 11.6 Å². The Morgan fingerprint density at radius 2 is 2.03 bits per heavy atom. The first-order valence-electron chi connectivity index (χ1n) is 11.7. The van der Waals surface area contributed by atoms with Crippen LogP contribution in [0.15, 0.2) is 36.4 Å². The van der Waals surface area contributed by atoms with Crippen molar-refractivity contribution in [2.75, 3.05) is 13.1 Å². The topological polar surface area (TPSA) is 72.8 Å². The number of likely N-dealkylation sites (N-methyl/N-ethyl adjacent to an activating group) is 1. The first-order valence-corrected chi connectivity index (χ1v) is 12.3. The second kappa shape index (κ2) is 8.98. The number of halogens is 1. The van der Waals surface area contributed by atoms with Gasteiger partial charge in [0.05, 0.1) is 5.60 Å². The van der Waals surface area contributed by atoms with Crippen molar-refractivity contribution in [3.63, 3.8) is 0 Å². The molecule has 33 heavy (non-hydrogen) atoms. The van der Waals surface area contributed by atoms with Crippen LogP contribution in [0.1, 0.15) is 49.8 Å². The average Bonchev–Trinajstić information content (AvgIpc) is 3.10. The van der Waals surface area contributed by atoms with Crippen molar-refractivity contribution in [1.82, 2.24) is 10.2 Å². The molecule has 1 aliphatic heterocycles. The van der Waals surface area contributed by atoms with Crippen molar-refractivity contribution in [2.45, 2.75) is 63.6 Å². The number of hydrogen-bond donors (Lipinski definition) is 3. The number of fused-ring (bicyclic) bond motifs is 1. The molecule has 3 unspecified atom stereocenters. The fourth-order valence-corrected chi connectivity index (χ4v) is 6.59. The highest BCUT2D eigenvalue weighted by molar-refractivity contribution is 7.27. The summed E-state index contributed by atoms with van der Waals surface area (Å²) in [7, 11) is 2.51. The third kappa shape index (κ3) is 4.07. The van der Waals surface area contributed by atoms with E-state index in [1.165, 1.54) is 12.1 Å². The number of likely N-dealkylation sites (tertiary alicyclic amines) is 1. The Hall–Kier alpha value is -2.01. The van der Waals surface area contributed by atoms with Crippen molar-refractivity contribution in [3.05, 3.63) is 58.9 Å². The van der Waals surface area contributed by atoms with Gasteiger partial charge in [-0.3, -0.25) is 9.69 Å². The van der Waals surface area contributed by atoms with Crippen LogP contribution in [0.2, 0.25) is 0 Å². The first kappa shape index (κ1) is 24.1. The molecule has 4 rings (SSSR count). The van der Waals surface area contributed by atoms with Crippen LogP contribution in [-0.2, 0) is 16.8 Å². The summed E-state index contributed by atoms with van der Waals surface area (Å²) >= 11 is 0. The number of carbonyl (C=O) groups excluding carboxylic acids is 1. The largest absolute Gasteiger partial charge is 0.508 e. The first-order chi connectivity index (χ1) is 15.6. The Labute approximate surface area is 197 Å². The minimum atomic E-state index is -1.09. The van der Waals surface area contributed by atoms with Gasteiger partial charge in [0.15, 0.2) is 0 Å². The predicted octanol–water partition coefficient (Wildman–Crippen LogP) is 3.15. The van der Waals surface area contributed by atoms with Gasteiger partial charge in [0.2, 0.25) is 5.91 Å². The number of phenolic OH excluding ortho intramolecular Hbond substituents is 1. The molecule has 7 heteroatoms. The lowest BCUT2D eigenvalue weighted by Gasteiger charge is -2.55. The summed E-state index contributed by atoms with van der Waals surface area (Å²) in [5.74, 6) is -0.589. The van der Waals surface area contributed by atoms with Crippen LogP contribution in [0.5, 0.6) is 5.75 Å². The molecule has 178 valence electrons. The number of amides is 1. The maximum atomic E-state index is 13.4. The lowest BCUT2D eigenvalue weighted by Crippen LogP contribution is -2.65. The molecule has 2 aliphatic rings. The molecule has 2 fully saturated rings. The van der Waals surface area contributed by atoms with Gasteiger partial charge in [0, 0.05) is 23.9 Å². The van der Waals surface area contributed by atoms with Crippen LogP contribution in [0, 0.1) is 18.7 Å². The minimum absolute atomic E-state index is 0.0982. The second-order valence-electron chi connectivity index (χ2n) is 9.73. The third-order valence-electron chi connectivity index (χ3n) is 8.12. The van der Waals surface area contributed by atoms with Crippen molar-refractivity contribution < 1.29 is 19.4 Å². The summed E-state index contributed by atoms with van der Waals surface area (Å²) in [5, 5.41) is 26.2. The highest BCUT2D eigenvalue weighted by Gasteiger charge is 2.64. The molecule has 2 aromatic rings. The van der Waals surface area contributed by atoms with Gasteiger partial charge in [-0.2, -0.15) is 0 Å². The van der Waals surface area contributed by atoms with E-state index < -0.39 is 11.0 Å². The number of aliphatic hydroxyl groups is 1. The predicted molar refractivity (Wildman–Crippen MR) is 131 cm³/mol. The number of carbonyl (C=O) groups is 1. The van der Waals surface area contributed by atoms with Gasteiger partial charge in [-0.25, -0.2) is 4.39 Å². The number of phenols is 1. The van der Waals surface area contributed by atoms with Crippen molar-refractivity contribution in [2.24, 2.45) is 5.92 Å². The summed E-state index contributed by atoms with van der Waals surface area (Å²) in [6.45, 7) is 8.11. The highest BCUT2D eigenvalue weighted by atomic mass is 31.0. The van der Waals surface area contributed by atoms with E-state index >= 15 is 0 Å². The van der Waals surface area contributed by atoms with Crippen LogP contribution >= 0.6 is 9.24 Å². The van der Waals surface area contributed by atoms with Gasteiger partial charge in [-0.05, 0) is 92.5 Å².